The lowest BCUT2D eigenvalue weighted by Crippen LogP contribution is -2.33. The molecule has 16 heteroatoms. The lowest BCUT2D eigenvalue weighted by Gasteiger charge is -2.16. The number of halogens is 1. The summed E-state index contributed by atoms with van der Waals surface area (Å²) >= 11 is 5.82. The van der Waals surface area contributed by atoms with Gasteiger partial charge < -0.3 is 25.8 Å². The maximum Gasteiger partial charge on any atom is 0.300 e. The number of hydrogen-bond acceptors (Lipinski definition) is 12. The number of nitrogens with one attached hydrogen (secondary N) is 1. The van der Waals surface area contributed by atoms with Crippen LogP contribution in [0, 0.1) is 0 Å². The third kappa shape index (κ3) is 3.74. The molecule has 1 aliphatic rings. The lowest BCUT2D eigenvalue weighted by atomic mass is 10.1. The first-order chi connectivity index (χ1) is 15.1. The van der Waals surface area contributed by atoms with Crippen LogP contribution >= 0.6 is 11.6 Å². The van der Waals surface area contributed by atoms with Crippen molar-refractivity contribution in [3.05, 3.63) is 35.4 Å². The number of aliphatic hydroxyl groups excluding tert-OH is 3. The van der Waals surface area contributed by atoms with E-state index in [2.05, 4.69) is 19.9 Å². The minimum atomic E-state index is -4.62. The van der Waals surface area contributed by atoms with Gasteiger partial charge in [0.1, 0.15) is 29.0 Å². The second kappa shape index (κ2) is 8.19. The highest BCUT2D eigenvalue weighted by Gasteiger charge is 2.44. The number of sulfonamides is 1. The van der Waals surface area contributed by atoms with Crippen molar-refractivity contribution in [1.82, 2.24) is 29.2 Å². The Hall–Kier alpha value is -2.95. The Balaban J connectivity index is 1.72. The summed E-state index contributed by atoms with van der Waals surface area (Å²) in [5.41, 5.74) is 5.46. The van der Waals surface area contributed by atoms with Gasteiger partial charge in [0.05, 0.1) is 18.5 Å². The van der Waals surface area contributed by atoms with E-state index in [1.54, 1.807) is 4.72 Å². The second-order valence-electron chi connectivity index (χ2n) is 6.72. The molecule has 0 aromatic carbocycles. The molecule has 0 spiro atoms. The first-order valence-corrected chi connectivity index (χ1v) is 10.8. The van der Waals surface area contributed by atoms with Crippen molar-refractivity contribution in [3.63, 3.8) is 0 Å². The quantitative estimate of drug-likeness (QED) is 0.199. The maximum absolute atomic E-state index is 12.7. The Morgan fingerprint density at radius 3 is 2.69 bits per heavy atom. The van der Waals surface area contributed by atoms with Gasteiger partial charge >= 0.3 is 0 Å². The molecule has 0 saturated carbocycles. The number of fused-ring (bicyclic) bond motifs is 1. The molecule has 4 heterocycles. The van der Waals surface area contributed by atoms with E-state index in [-0.39, 0.29) is 27.7 Å². The van der Waals surface area contributed by atoms with Gasteiger partial charge in [-0.15, -0.1) is 0 Å². The molecule has 3 aromatic rings. The number of imidazole rings is 1. The summed E-state index contributed by atoms with van der Waals surface area (Å²) in [6, 6.07) is 2.67. The first kappa shape index (κ1) is 22.3. The third-order valence-electron chi connectivity index (χ3n) is 4.69. The Bertz CT molecular complexity index is 1300. The predicted octanol–water partition coefficient (Wildman–Crippen LogP) is -1.81. The van der Waals surface area contributed by atoms with Crippen LogP contribution in [0.5, 0.6) is 0 Å². The smallest absolute Gasteiger partial charge is 0.300 e. The van der Waals surface area contributed by atoms with Crippen molar-refractivity contribution in [1.29, 1.82) is 0 Å². The summed E-state index contributed by atoms with van der Waals surface area (Å²) in [5, 5.41) is 28.4. The van der Waals surface area contributed by atoms with Crippen LogP contribution in [0.4, 0.5) is 5.82 Å². The van der Waals surface area contributed by atoms with Gasteiger partial charge in [0, 0.05) is 6.20 Å². The van der Waals surface area contributed by atoms with Crippen LogP contribution < -0.4 is 10.5 Å². The van der Waals surface area contributed by atoms with Gasteiger partial charge in [-0.3, -0.25) is 9.36 Å². The fourth-order valence-electron chi connectivity index (χ4n) is 3.11. The molecule has 0 radical (unpaired) electrons. The number of amides is 1. The number of aromatic nitrogens is 5. The van der Waals surface area contributed by atoms with Crippen molar-refractivity contribution in [2.45, 2.75) is 29.7 Å². The summed E-state index contributed by atoms with van der Waals surface area (Å²) in [6.45, 7) is -0.568. The van der Waals surface area contributed by atoms with E-state index in [1.165, 1.54) is 18.3 Å². The summed E-state index contributed by atoms with van der Waals surface area (Å²) in [5.74, 6) is -1.39. The fourth-order valence-corrected chi connectivity index (χ4v) is 4.19. The van der Waals surface area contributed by atoms with E-state index in [0.29, 0.717) is 0 Å². The predicted molar refractivity (Wildman–Crippen MR) is 107 cm³/mol. The zero-order chi connectivity index (χ0) is 23.2. The Morgan fingerprint density at radius 1 is 1.28 bits per heavy atom. The molecule has 2 unspecified atom stereocenters. The van der Waals surface area contributed by atoms with Gasteiger partial charge in [0.25, 0.3) is 21.1 Å². The molecule has 0 aliphatic carbocycles. The largest absolute Gasteiger partial charge is 0.394 e. The van der Waals surface area contributed by atoms with Crippen LogP contribution in [0.2, 0.25) is 5.15 Å². The highest BCUT2D eigenvalue weighted by molar-refractivity contribution is 7.89. The molecule has 1 fully saturated rings. The number of nitrogens with zero attached hydrogens (tertiary/aromatic N) is 5. The average molecular weight is 486 g/mol. The minimum absolute atomic E-state index is 0.0108. The van der Waals surface area contributed by atoms with Crippen molar-refractivity contribution >= 4 is 44.5 Å². The Labute approximate surface area is 184 Å². The number of aliphatic hydroxyl groups is 3. The molecule has 0 bridgehead atoms. The van der Waals surface area contributed by atoms with Crippen LogP contribution in [0.3, 0.4) is 0 Å². The molecular formula is C16H16ClN7O7S. The fraction of sp³-hybridized carbons (Fsp3) is 0.312. The molecule has 170 valence electrons. The number of anilines is 1. The van der Waals surface area contributed by atoms with Crippen LogP contribution in [-0.2, 0) is 14.8 Å². The highest BCUT2D eigenvalue weighted by Crippen LogP contribution is 2.32. The molecule has 6 N–H and O–H groups in total. The van der Waals surface area contributed by atoms with E-state index in [1.807, 2.05) is 0 Å². The summed E-state index contributed by atoms with van der Waals surface area (Å²) in [4.78, 5) is 27.7. The summed E-state index contributed by atoms with van der Waals surface area (Å²) < 4.78 is 33.8. The van der Waals surface area contributed by atoms with Crippen LogP contribution in [0.25, 0.3) is 11.2 Å². The number of carbonyl (C=O) groups excluding carboxylic acids is 1. The van der Waals surface area contributed by atoms with E-state index >= 15 is 0 Å². The van der Waals surface area contributed by atoms with Crippen LogP contribution in [0.1, 0.15) is 16.6 Å². The van der Waals surface area contributed by atoms with Crippen molar-refractivity contribution in [2.24, 2.45) is 0 Å². The Kier molecular flexibility index (Phi) is 5.70. The van der Waals surface area contributed by atoms with Crippen molar-refractivity contribution < 1.29 is 33.3 Å². The molecule has 4 atom stereocenters. The molecule has 1 aliphatic heterocycles. The topological polar surface area (TPSA) is 216 Å². The number of pyridine rings is 1. The van der Waals surface area contributed by atoms with Gasteiger partial charge in [0.2, 0.25) is 0 Å². The number of carbonyl (C=O) groups is 1. The SMILES string of the molecule is Nc1nc(S(=O)(=O)NC(=O)c2cccnc2Cl)nc2c1ncn2[C@@H]1O[C@H](CO)C(O)C1O. The monoisotopic (exact) mass is 485 g/mol. The maximum atomic E-state index is 12.7. The number of rotatable bonds is 5. The number of hydrogen-bond donors (Lipinski definition) is 5. The van der Waals surface area contributed by atoms with Crippen LogP contribution in [-0.4, -0.2) is 79.1 Å². The van der Waals surface area contributed by atoms with E-state index < -0.39 is 52.2 Å². The normalized spacial score (nSPS) is 23.5. The molecule has 1 saturated heterocycles. The first-order valence-electron chi connectivity index (χ1n) is 8.94. The summed E-state index contributed by atoms with van der Waals surface area (Å²) in [6.07, 6.45) is -2.74. The number of ether oxygens (including phenoxy) is 1. The van der Waals surface area contributed by atoms with Gasteiger partial charge in [-0.05, 0) is 12.1 Å². The standard InChI is InChI=1S/C16H16ClN7O7S/c17-11-6(2-1-3-19-11)14(28)23-32(29,30)16-21-12(18)8-13(22-16)24(5-20-8)15-10(27)9(26)7(4-25)31-15/h1-3,5,7,9-10,15,25-27H,4H2,(H,23,28)(H2,18,21,22)/t7-,9?,10?,15-/m1/s1. The molecule has 1 amide bonds. The number of nitrogen functional groups attached to an aromatic ring is 1. The van der Waals surface area contributed by atoms with Crippen molar-refractivity contribution in [2.75, 3.05) is 12.3 Å². The average Bonchev–Trinajstić information content (AvgIpc) is 3.29. The zero-order valence-electron chi connectivity index (χ0n) is 15.9. The summed E-state index contributed by atoms with van der Waals surface area (Å²) in [7, 11) is -4.62. The minimum Gasteiger partial charge on any atom is -0.394 e. The highest BCUT2D eigenvalue weighted by atomic mass is 35.5. The van der Waals surface area contributed by atoms with E-state index in [0.717, 1.165) is 10.9 Å². The third-order valence-corrected chi connectivity index (χ3v) is 6.11. The molecule has 3 aromatic heterocycles. The molecule has 14 nitrogen and oxygen atoms in total. The number of nitrogens with two attached hydrogens (primary N) is 1. The van der Waals surface area contributed by atoms with Gasteiger partial charge in [0.15, 0.2) is 17.7 Å². The Morgan fingerprint density at radius 2 is 2.03 bits per heavy atom. The van der Waals surface area contributed by atoms with Crippen molar-refractivity contribution in [3.8, 4) is 0 Å². The zero-order valence-corrected chi connectivity index (χ0v) is 17.5. The van der Waals surface area contributed by atoms with Gasteiger partial charge in [-0.1, -0.05) is 11.6 Å². The molecular weight excluding hydrogens is 470 g/mol. The van der Waals surface area contributed by atoms with E-state index in [4.69, 9.17) is 22.1 Å². The van der Waals surface area contributed by atoms with Gasteiger partial charge in [-0.2, -0.15) is 18.4 Å². The van der Waals surface area contributed by atoms with Gasteiger partial charge in [-0.25, -0.2) is 14.7 Å². The lowest BCUT2D eigenvalue weighted by molar-refractivity contribution is -0.0511. The van der Waals surface area contributed by atoms with E-state index in [9.17, 15) is 28.5 Å². The molecule has 4 rings (SSSR count). The van der Waals surface area contributed by atoms with Crippen LogP contribution in [0.15, 0.2) is 29.8 Å². The molecule has 32 heavy (non-hydrogen) atoms. The second-order valence-corrected chi connectivity index (χ2v) is 8.65.